The summed E-state index contributed by atoms with van der Waals surface area (Å²) < 4.78 is 0. The molecule has 0 aromatic heterocycles. The third-order valence-corrected chi connectivity index (χ3v) is 2.40. The van der Waals surface area contributed by atoms with Crippen molar-refractivity contribution in [1.82, 2.24) is 9.80 Å². The van der Waals surface area contributed by atoms with E-state index in [0.717, 1.165) is 32.6 Å². The minimum atomic E-state index is 0.152. The van der Waals surface area contributed by atoms with Gasteiger partial charge >= 0.3 is 0 Å². The van der Waals surface area contributed by atoms with Crippen LogP contribution in [0.5, 0.6) is 0 Å². The maximum Gasteiger partial charge on any atom is 0.219 e. The molecule has 3 nitrogen and oxygen atoms in total. The number of carbonyl (C=O) groups is 1. The number of amides is 1. The van der Waals surface area contributed by atoms with E-state index in [1.165, 1.54) is 0 Å². The molecule has 0 unspecified atom stereocenters. The lowest BCUT2D eigenvalue weighted by Gasteiger charge is -2.20. The Morgan fingerprint density at radius 1 is 1.15 bits per heavy atom. The van der Waals surface area contributed by atoms with Gasteiger partial charge in [0.05, 0.1) is 0 Å². The van der Waals surface area contributed by atoms with Crippen LogP contribution in [0.2, 0.25) is 0 Å². The molecule has 0 radical (unpaired) electrons. The molecule has 0 aliphatic rings. The van der Waals surface area contributed by atoms with Crippen molar-refractivity contribution in [3.05, 3.63) is 0 Å². The van der Waals surface area contributed by atoms with E-state index in [0.29, 0.717) is 0 Å². The number of rotatable bonds is 6. The molecule has 13 heavy (non-hydrogen) atoms. The lowest BCUT2D eigenvalue weighted by atomic mass is 10.3. The zero-order valence-corrected chi connectivity index (χ0v) is 9.34. The van der Waals surface area contributed by atoms with Crippen molar-refractivity contribution in [2.45, 2.75) is 27.2 Å². The van der Waals surface area contributed by atoms with Gasteiger partial charge in [-0.15, -0.1) is 0 Å². The van der Waals surface area contributed by atoms with Crippen LogP contribution in [0, 0.1) is 0 Å². The monoisotopic (exact) mass is 186 g/mol. The van der Waals surface area contributed by atoms with E-state index in [4.69, 9.17) is 0 Å². The summed E-state index contributed by atoms with van der Waals surface area (Å²) >= 11 is 0. The van der Waals surface area contributed by atoms with Gasteiger partial charge in [0.2, 0.25) is 5.91 Å². The normalized spacial score (nSPS) is 10.5. The molecule has 0 aromatic rings. The topological polar surface area (TPSA) is 23.6 Å². The first-order chi connectivity index (χ1) is 6.11. The molecule has 0 fully saturated rings. The Balaban J connectivity index is 3.48. The van der Waals surface area contributed by atoms with E-state index in [-0.39, 0.29) is 5.91 Å². The van der Waals surface area contributed by atoms with Crippen LogP contribution in [-0.4, -0.2) is 48.9 Å². The second-order valence-electron chi connectivity index (χ2n) is 3.32. The average Bonchev–Trinajstić information content (AvgIpc) is 2.12. The number of carbonyl (C=O) groups excluding carboxylic acids is 1. The maximum absolute atomic E-state index is 10.9. The standard InChI is InChI=1S/C10H22N2O/c1-5-12(6-2)9-7-8-11(4)10(3)13/h5-9H2,1-4H3. The Bertz CT molecular complexity index is 144. The van der Waals surface area contributed by atoms with Gasteiger partial charge in [-0.2, -0.15) is 0 Å². The van der Waals surface area contributed by atoms with Crippen LogP contribution < -0.4 is 0 Å². The van der Waals surface area contributed by atoms with Crippen LogP contribution in [0.25, 0.3) is 0 Å². The van der Waals surface area contributed by atoms with Crippen LogP contribution >= 0.6 is 0 Å². The smallest absolute Gasteiger partial charge is 0.219 e. The highest BCUT2D eigenvalue weighted by Gasteiger charge is 2.02. The lowest BCUT2D eigenvalue weighted by molar-refractivity contribution is -0.127. The van der Waals surface area contributed by atoms with Crippen molar-refractivity contribution < 1.29 is 4.79 Å². The van der Waals surface area contributed by atoms with Crippen LogP contribution in [0.15, 0.2) is 0 Å². The molecular formula is C10H22N2O. The van der Waals surface area contributed by atoms with E-state index >= 15 is 0 Å². The van der Waals surface area contributed by atoms with E-state index in [1.807, 2.05) is 7.05 Å². The fraction of sp³-hybridized carbons (Fsp3) is 0.900. The van der Waals surface area contributed by atoms with Gasteiger partial charge in [0.25, 0.3) is 0 Å². The van der Waals surface area contributed by atoms with Crippen molar-refractivity contribution in [3.8, 4) is 0 Å². The molecule has 1 amide bonds. The summed E-state index contributed by atoms with van der Waals surface area (Å²) in [5.74, 6) is 0.152. The molecule has 0 spiro atoms. The van der Waals surface area contributed by atoms with Gasteiger partial charge in [-0.3, -0.25) is 4.79 Å². The fourth-order valence-corrected chi connectivity index (χ4v) is 1.23. The predicted molar refractivity (Wildman–Crippen MR) is 55.7 cm³/mol. The van der Waals surface area contributed by atoms with Crippen LogP contribution in [-0.2, 0) is 4.79 Å². The second-order valence-corrected chi connectivity index (χ2v) is 3.32. The Hall–Kier alpha value is -0.570. The number of nitrogens with zero attached hydrogens (tertiary/aromatic N) is 2. The summed E-state index contributed by atoms with van der Waals surface area (Å²) in [6, 6.07) is 0. The van der Waals surface area contributed by atoms with Crippen LogP contribution in [0.3, 0.4) is 0 Å². The number of hydrogen-bond acceptors (Lipinski definition) is 2. The molecule has 0 saturated heterocycles. The quantitative estimate of drug-likeness (QED) is 0.622. The molecule has 0 atom stereocenters. The van der Waals surface area contributed by atoms with Crippen molar-refractivity contribution >= 4 is 5.91 Å². The average molecular weight is 186 g/mol. The molecule has 0 saturated carbocycles. The summed E-state index contributed by atoms with van der Waals surface area (Å²) in [6.45, 7) is 10.1. The zero-order chi connectivity index (χ0) is 10.3. The highest BCUT2D eigenvalue weighted by molar-refractivity contribution is 5.72. The molecule has 0 aromatic carbocycles. The first-order valence-electron chi connectivity index (χ1n) is 5.05. The van der Waals surface area contributed by atoms with Crippen molar-refractivity contribution in [2.75, 3.05) is 33.2 Å². The highest BCUT2D eigenvalue weighted by Crippen LogP contribution is 1.93. The van der Waals surface area contributed by atoms with Gasteiger partial charge in [0.1, 0.15) is 0 Å². The van der Waals surface area contributed by atoms with E-state index in [9.17, 15) is 4.79 Å². The van der Waals surface area contributed by atoms with Gasteiger partial charge in [-0.05, 0) is 26.1 Å². The van der Waals surface area contributed by atoms with Gasteiger partial charge in [0, 0.05) is 20.5 Å². The molecule has 0 bridgehead atoms. The summed E-state index contributed by atoms with van der Waals surface area (Å²) in [5, 5.41) is 0. The van der Waals surface area contributed by atoms with E-state index < -0.39 is 0 Å². The van der Waals surface area contributed by atoms with E-state index in [2.05, 4.69) is 18.7 Å². The largest absolute Gasteiger partial charge is 0.346 e. The van der Waals surface area contributed by atoms with Gasteiger partial charge < -0.3 is 9.80 Å². The third-order valence-electron chi connectivity index (χ3n) is 2.40. The Kier molecular flexibility index (Phi) is 6.59. The lowest BCUT2D eigenvalue weighted by Crippen LogP contribution is -2.30. The van der Waals surface area contributed by atoms with Crippen LogP contribution in [0.1, 0.15) is 27.2 Å². The van der Waals surface area contributed by atoms with Gasteiger partial charge in [-0.1, -0.05) is 13.8 Å². The van der Waals surface area contributed by atoms with Gasteiger partial charge in [0.15, 0.2) is 0 Å². The molecular weight excluding hydrogens is 164 g/mol. The minimum absolute atomic E-state index is 0.152. The molecule has 0 rings (SSSR count). The Morgan fingerprint density at radius 3 is 2.08 bits per heavy atom. The van der Waals surface area contributed by atoms with Crippen molar-refractivity contribution in [2.24, 2.45) is 0 Å². The third kappa shape index (κ3) is 5.64. The van der Waals surface area contributed by atoms with Crippen molar-refractivity contribution in [3.63, 3.8) is 0 Å². The maximum atomic E-state index is 10.9. The summed E-state index contributed by atoms with van der Waals surface area (Å²) in [4.78, 5) is 15.0. The van der Waals surface area contributed by atoms with Crippen LogP contribution in [0.4, 0.5) is 0 Å². The summed E-state index contributed by atoms with van der Waals surface area (Å²) in [6.07, 6.45) is 1.07. The van der Waals surface area contributed by atoms with Crippen molar-refractivity contribution in [1.29, 1.82) is 0 Å². The highest BCUT2D eigenvalue weighted by atomic mass is 16.2. The zero-order valence-electron chi connectivity index (χ0n) is 9.34. The molecule has 0 N–H and O–H groups in total. The van der Waals surface area contributed by atoms with Gasteiger partial charge in [-0.25, -0.2) is 0 Å². The summed E-state index contributed by atoms with van der Waals surface area (Å²) in [7, 11) is 1.85. The SMILES string of the molecule is CCN(CC)CCCN(C)C(C)=O. The molecule has 0 aliphatic heterocycles. The second kappa shape index (κ2) is 6.89. The first-order valence-corrected chi connectivity index (χ1v) is 5.05. The molecule has 3 heteroatoms. The molecule has 0 heterocycles. The molecule has 78 valence electrons. The Morgan fingerprint density at radius 2 is 1.69 bits per heavy atom. The molecule has 0 aliphatic carbocycles. The fourth-order valence-electron chi connectivity index (χ4n) is 1.23. The number of hydrogen-bond donors (Lipinski definition) is 0. The van der Waals surface area contributed by atoms with E-state index in [1.54, 1.807) is 11.8 Å². The minimum Gasteiger partial charge on any atom is -0.346 e. The predicted octanol–water partition coefficient (Wildman–Crippen LogP) is 1.20. The Labute approximate surface area is 81.7 Å². The first kappa shape index (κ1) is 12.4. The summed E-state index contributed by atoms with van der Waals surface area (Å²) in [5.41, 5.74) is 0.